The van der Waals surface area contributed by atoms with Gasteiger partial charge in [0.15, 0.2) is 0 Å². The number of rotatable bonds is 8. The molecule has 0 spiro atoms. The molecule has 0 saturated carbocycles. The van der Waals surface area contributed by atoms with Gasteiger partial charge in [0.1, 0.15) is 18.8 Å². The van der Waals surface area contributed by atoms with Crippen molar-refractivity contribution in [3.63, 3.8) is 0 Å². The minimum Gasteiger partial charge on any atom is -0.356 e. The molecule has 1 N–H and O–H groups in total. The third-order valence-corrected chi connectivity index (χ3v) is 4.29. The lowest BCUT2D eigenvalue weighted by atomic mass is 10.0. The maximum absolute atomic E-state index is 12.3. The van der Waals surface area contributed by atoms with Crippen molar-refractivity contribution in [3.8, 4) is 6.07 Å². The van der Waals surface area contributed by atoms with E-state index in [1.165, 1.54) is 0 Å². The molecule has 0 radical (unpaired) electrons. The number of nitrogens with zero attached hydrogens (tertiary/aromatic N) is 1. The molecule has 0 heterocycles. The van der Waals surface area contributed by atoms with Crippen LogP contribution in [0.4, 0.5) is 0 Å². The second-order valence-electron chi connectivity index (χ2n) is 5.63. The minimum absolute atomic E-state index is 0.0172. The maximum Gasteiger partial charge on any atom is 0.250 e. The van der Waals surface area contributed by atoms with Crippen molar-refractivity contribution in [1.82, 2.24) is 5.32 Å². The van der Waals surface area contributed by atoms with Gasteiger partial charge in [0.05, 0.1) is 6.07 Å². The third kappa shape index (κ3) is 5.70. The van der Waals surface area contributed by atoms with Crippen molar-refractivity contribution in [1.29, 1.82) is 5.26 Å². The molecule has 2 aromatic rings. The van der Waals surface area contributed by atoms with Gasteiger partial charge in [-0.3, -0.25) is 4.79 Å². The molecule has 1 amide bonds. The first-order valence-corrected chi connectivity index (χ1v) is 9.05. The van der Waals surface area contributed by atoms with Gasteiger partial charge in [0.25, 0.3) is 0 Å². The number of amides is 1. The van der Waals surface area contributed by atoms with Crippen LogP contribution in [0.25, 0.3) is 0 Å². The monoisotopic (exact) mass is 400 g/mol. The van der Waals surface area contributed by atoms with E-state index in [1.807, 2.05) is 67.6 Å². The zero-order valence-corrected chi connectivity index (χ0v) is 15.7. The molecule has 0 saturated heterocycles. The topological polar surface area (TPSA) is 62.1 Å². The quantitative estimate of drug-likeness (QED) is 0.669. The number of halogens is 1. The Hall–Kier alpha value is -2.16. The number of nitrogens with one attached hydrogen (secondary N) is 1. The smallest absolute Gasteiger partial charge is 0.250 e. The predicted molar refractivity (Wildman–Crippen MR) is 101 cm³/mol. The average Bonchev–Trinajstić information content (AvgIpc) is 2.65. The summed E-state index contributed by atoms with van der Waals surface area (Å²) in [6.45, 7) is 1.99. The largest absolute Gasteiger partial charge is 0.356 e. The van der Waals surface area contributed by atoms with Gasteiger partial charge in [0, 0.05) is 4.47 Å². The van der Waals surface area contributed by atoms with Gasteiger partial charge >= 0.3 is 0 Å². The Morgan fingerprint density at radius 2 is 1.80 bits per heavy atom. The molecule has 5 heteroatoms. The van der Waals surface area contributed by atoms with Crippen LogP contribution in [0.2, 0.25) is 0 Å². The zero-order valence-electron chi connectivity index (χ0n) is 14.1. The molecule has 0 aliphatic heterocycles. The van der Waals surface area contributed by atoms with Crippen molar-refractivity contribution < 1.29 is 9.53 Å². The Labute approximate surface area is 156 Å². The highest BCUT2D eigenvalue weighted by Gasteiger charge is 2.25. The van der Waals surface area contributed by atoms with Gasteiger partial charge in [-0.25, -0.2) is 0 Å². The molecule has 130 valence electrons. The van der Waals surface area contributed by atoms with Gasteiger partial charge in [-0.1, -0.05) is 71.7 Å². The molecule has 2 atom stereocenters. The number of carbonyl (C=O) groups is 1. The van der Waals surface area contributed by atoms with Crippen LogP contribution >= 0.6 is 15.9 Å². The Bertz CT molecular complexity index is 711. The molecule has 0 unspecified atom stereocenters. The van der Waals surface area contributed by atoms with E-state index in [1.54, 1.807) is 0 Å². The standard InChI is InChI=1S/C20H21BrN2O2/c1-2-6-18(20(24)23-14-13-22)25-19(15-7-4-3-5-8-15)16-9-11-17(21)12-10-16/h3-5,7-12,18-19H,2,6,14H2,1H3,(H,23,24)/t18-,19+/m0/s1. The summed E-state index contributed by atoms with van der Waals surface area (Å²) < 4.78 is 7.21. The Kier molecular flexibility index (Phi) is 7.65. The van der Waals surface area contributed by atoms with Crippen LogP contribution in [0.1, 0.15) is 37.0 Å². The lowest BCUT2D eigenvalue weighted by molar-refractivity contribution is -0.135. The highest BCUT2D eigenvalue weighted by molar-refractivity contribution is 9.10. The predicted octanol–water partition coefficient (Wildman–Crippen LogP) is 4.36. The van der Waals surface area contributed by atoms with Crippen molar-refractivity contribution in [2.24, 2.45) is 0 Å². The van der Waals surface area contributed by atoms with E-state index in [2.05, 4.69) is 21.2 Å². The first-order valence-electron chi connectivity index (χ1n) is 8.26. The van der Waals surface area contributed by atoms with Crippen molar-refractivity contribution >= 4 is 21.8 Å². The van der Waals surface area contributed by atoms with E-state index < -0.39 is 6.10 Å². The van der Waals surface area contributed by atoms with Crippen LogP contribution in [0.15, 0.2) is 59.1 Å². The number of carbonyl (C=O) groups excluding carboxylic acids is 1. The summed E-state index contributed by atoms with van der Waals surface area (Å²) in [5.74, 6) is -0.249. The number of ether oxygens (including phenoxy) is 1. The minimum atomic E-state index is -0.604. The third-order valence-electron chi connectivity index (χ3n) is 3.76. The second kappa shape index (κ2) is 9.97. The Morgan fingerprint density at radius 1 is 1.16 bits per heavy atom. The molecule has 0 aromatic heterocycles. The SMILES string of the molecule is CCC[C@H](O[C@H](c1ccccc1)c1ccc(Br)cc1)C(=O)NCC#N. The van der Waals surface area contributed by atoms with Crippen LogP contribution in [-0.2, 0) is 9.53 Å². The Morgan fingerprint density at radius 3 is 2.40 bits per heavy atom. The molecular formula is C20H21BrN2O2. The van der Waals surface area contributed by atoms with Gasteiger partial charge in [-0.15, -0.1) is 0 Å². The van der Waals surface area contributed by atoms with E-state index in [-0.39, 0.29) is 18.6 Å². The molecule has 0 aliphatic rings. The average molecular weight is 401 g/mol. The Balaban J connectivity index is 2.29. The maximum atomic E-state index is 12.3. The summed E-state index contributed by atoms with van der Waals surface area (Å²) >= 11 is 3.44. The molecule has 0 bridgehead atoms. The molecule has 0 aliphatic carbocycles. The highest BCUT2D eigenvalue weighted by Crippen LogP contribution is 2.29. The fourth-order valence-electron chi connectivity index (χ4n) is 2.54. The summed E-state index contributed by atoms with van der Waals surface area (Å²) in [7, 11) is 0. The summed E-state index contributed by atoms with van der Waals surface area (Å²) in [6, 6.07) is 19.6. The van der Waals surface area contributed by atoms with Crippen LogP contribution in [0, 0.1) is 11.3 Å². The molecule has 2 aromatic carbocycles. The van der Waals surface area contributed by atoms with Crippen molar-refractivity contribution in [2.45, 2.75) is 32.0 Å². The number of nitriles is 1. The zero-order chi connectivity index (χ0) is 18.1. The van der Waals surface area contributed by atoms with Crippen LogP contribution in [-0.4, -0.2) is 18.6 Å². The molecule has 4 nitrogen and oxygen atoms in total. The van der Waals surface area contributed by atoms with E-state index in [9.17, 15) is 4.79 Å². The van der Waals surface area contributed by atoms with Crippen LogP contribution < -0.4 is 5.32 Å². The van der Waals surface area contributed by atoms with E-state index >= 15 is 0 Å². The van der Waals surface area contributed by atoms with Crippen LogP contribution in [0.5, 0.6) is 0 Å². The summed E-state index contributed by atoms with van der Waals surface area (Å²) in [5.41, 5.74) is 1.96. The molecule has 2 rings (SSSR count). The highest BCUT2D eigenvalue weighted by atomic mass is 79.9. The molecular weight excluding hydrogens is 380 g/mol. The van der Waals surface area contributed by atoms with Crippen molar-refractivity contribution in [3.05, 3.63) is 70.2 Å². The van der Waals surface area contributed by atoms with E-state index in [0.717, 1.165) is 22.0 Å². The first-order chi connectivity index (χ1) is 12.2. The van der Waals surface area contributed by atoms with E-state index in [4.69, 9.17) is 10.00 Å². The summed E-state index contributed by atoms with van der Waals surface area (Å²) in [5, 5.41) is 11.3. The van der Waals surface area contributed by atoms with Gasteiger partial charge in [-0.2, -0.15) is 5.26 Å². The summed E-state index contributed by atoms with van der Waals surface area (Å²) in [6.07, 6.45) is 0.453. The number of hydrogen-bond donors (Lipinski definition) is 1. The van der Waals surface area contributed by atoms with Crippen molar-refractivity contribution in [2.75, 3.05) is 6.54 Å². The van der Waals surface area contributed by atoms with E-state index in [0.29, 0.717) is 6.42 Å². The lowest BCUT2D eigenvalue weighted by Crippen LogP contribution is -2.37. The number of hydrogen-bond acceptors (Lipinski definition) is 3. The fourth-order valence-corrected chi connectivity index (χ4v) is 2.81. The first kappa shape index (κ1) is 19.2. The van der Waals surface area contributed by atoms with Crippen LogP contribution in [0.3, 0.4) is 0 Å². The van der Waals surface area contributed by atoms with Gasteiger partial charge in [0.2, 0.25) is 5.91 Å². The number of benzene rings is 2. The van der Waals surface area contributed by atoms with Gasteiger partial charge < -0.3 is 10.1 Å². The normalized spacial score (nSPS) is 12.8. The fraction of sp³-hybridized carbons (Fsp3) is 0.300. The molecule has 25 heavy (non-hydrogen) atoms. The summed E-state index contributed by atoms with van der Waals surface area (Å²) in [4.78, 5) is 12.3. The second-order valence-corrected chi connectivity index (χ2v) is 6.55. The molecule has 0 fully saturated rings. The lowest BCUT2D eigenvalue weighted by Gasteiger charge is -2.25. The van der Waals surface area contributed by atoms with Gasteiger partial charge in [-0.05, 0) is 29.7 Å².